The molecule has 0 saturated carbocycles. The van der Waals surface area contributed by atoms with Gasteiger partial charge in [-0.2, -0.15) is 24.3 Å². The average molecular weight is 753 g/mol. The van der Waals surface area contributed by atoms with Gasteiger partial charge in [-0.25, -0.2) is 41.9 Å². The van der Waals surface area contributed by atoms with Crippen LogP contribution in [0.3, 0.4) is 0 Å². The number of rotatable bonds is 22. The van der Waals surface area contributed by atoms with E-state index in [1.54, 1.807) is 0 Å². The molecule has 2 aromatic rings. The summed E-state index contributed by atoms with van der Waals surface area (Å²) in [5.74, 6) is -2.59. The Morgan fingerprint density at radius 1 is 0.510 bits per heavy atom. The summed E-state index contributed by atoms with van der Waals surface area (Å²) in [5.41, 5.74) is 0.922. The third-order valence-corrected chi connectivity index (χ3v) is 6.42. The fraction of sp³-hybridized carbons (Fsp3) is 0.500. The van der Waals surface area contributed by atoms with Crippen molar-refractivity contribution in [3.63, 3.8) is 0 Å². The van der Waals surface area contributed by atoms with Crippen molar-refractivity contribution < 1.29 is 67.7 Å². The number of halogens is 4. The van der Waals surface area contributed by atoms with Crippen LogP contribution in [-0.4, -0.2) is 79.3 Å². The third-order valence-electron chi connectivity index (χ3n) is 6.42. The van der Waals surface area contributed by atoms with Crippen LogP contribution in [0.2, 0.25) is 0 Å². The summed E-state index contributed by atoms with van der Waals surface area (Å²) in [7, 11) is 0. The van der Waals surface area contributed by atoms with Gasteiger partial charge in [-0.3, -0.25) is 12.2 Å². The third kappa shape index (κ3) is 29.8. The summed E-state index contributed by atoms with van der Waals surface area (Å²) in [5, 5.41) is 0. The molecule has 2 aliphatic carbocycles. The Hall–Kier alpha value is -2.41. The van der Waals surface area contributed by atoms with Crippen molar-refractivity contribution >= 4 is 0 Å². The van der Waals surface area contributed by atoms with Gasteiger partial charge in [0.05, 0.1) is 52.9 Å². The normalized spacial score (nSPS) is 12.0. The minimum atomic E-state index is -0.674. The molecule has 0 heterocycles. The molecule has 2 aromatic carbocycles. The zero-order valence-electron chi connectivity index (χ0n) is 30.0. The van der Waals surface area contributed by atoms with E-state index in [9.17, 15) is 17.6 Å². The van der Waals surface area contributed by atoms with Crippen molar-refractivity contribution in [3.05, 3.63) is 119 Å². The number of aryl methyl sites for hydroxylation is 2. The van der Waals surface area contributed by atoms with E-state index in [1.807, 2.05) is 50.3 Å². The molecule has 0 amide bonds. The van der Waals surface area contributed by atoms with Crippen molar-refractivity contribution in [2.45, 2.75) is 52.4 Å². The Balaban J connectivity index is 0.000000754. The molecule has 0 spiro atoms. The molecular formula is C40H52F4O6Ti. The van der Waals surface area contributed by atoms with Crippen molar-refractivity contribution in [1.29, 1.82) is 0 Å². The predicted octanol–water partition coefficient (Wildman–Crippen LogP) is 8.14. The maximum absolute atomic E-state index is 13.3. The van der Waals surface area contributed by atoms with Gasteiger partial charge in [0.1, 0.15) is 0 Å². The van der Waals surface area contributed by atoms with Gasteiger partial charge < -0.3 is 28.4 Å². The quantitative estimate of drug-likeness (QED) is 0.0524. The molecule has 2 aliphatic rings. The van der Waals surface area contributed by atoms with Crippen LogP contribution in [0.5, 0.6) is 0 Å². The summed E-state index contributed by atoms with van der Waals surface area (Å²) < 4.78 is 83.3. The predicted molar refractivity (Wildman–Crippen MR) is 186 cm³/mol. The summed E-state index contributed by atoms with van der Waals surface area (Å²) in [6.07, 6.45) is 22.4. The first-order chi connectivity index (χ1) is 24.5. The number of allylic oxidation sites excluding steroid dienone is 8. The van der Waals surface area contributed by atoms with E-state index in [0.717, 1.165) is 12.8 Å². The smallest absolute Gasteiger partial charge is 0.379 e. The standard InChI is InChI=1S/2C15H21F2O3.2C5H5.Ti/c2*1-2-18-8-9-20-11-10-19-7-3-4-13-5-6-14(16)12-15(13)17;2*1-2-4-5-3-1;/h2*5-6H,2-4,7-11H2,1H3;2*1-3H,4H2;/q4*-1;+4. The fourth-order valence-electron chi connectivity index (χ4n) is 3.91. The van der Waals surface area contributed by atoms with Crippen LogP contribution in [0.4, 0.5) is 17.6 Å². The van der Waals surface area contributed by atoms with Gasteiger partial charge in [0, 0.05) is 49.7 Å². The van der Waals surface area contributed by atoms with Crippen molar-refractivity contribution in [2.24, 2.45) is 0 Å². The summed E-state index contributed by atoms with van der Waals surface area (Å²) in [6, 6.07) is 9.35. The van der Waals surface area contributed by atoms with E-state index in [4.69, 9.17) is 28.4 Å². The van der Waals surface area contributed by atoms with Crippen LogP contribution < -0.4 is 0 Å². The van der Waals surface area contributed by atoms with Crippen LogP contribution in [0.15, 0.2) is 60.7 Å². The van der Waals surface area contributed by atoms with Gasteiger partial charge in [-0.05, 0) is 26.7 Å². The molecule has 11 heteroatoms. The Labute approximate surface area is 317 Å². The van der Waals surface area contributed by atoms with Gasteiger partial charge in [0.25, 0.3) is 0 Å². The summed E-state index contributed by atoms with van der Waals surface area (Å²) >= 11 is 0. The van der Waals surface area contributed by atoms with E-state index in [-0.39, 0.29) is 21.7 Å². The van der Waals surface area contributed by atoms with E-state index < -0.39 is 23.3 Å². The van der Waals surface area contributed by atoms with Crippen molar-refractivity contribution in [3.8, 4) is 0 Å². The minimum absolute atomic E-state index is 0. The Morgan fingerprint density at radius 2 is 0.863 bits per heavy atom. The molecule has 0 aromatic heterocycles. The maximum Gasteiger partial charge on any atom is 4.00 e. The second-order valence-corrected chi connectivity index (χ2v) is 10.3. The van der Waals surface area contributed by atoms with Crippen molar-refractivity contribution in [2.75, 3.05) is 79.3 Å². The summed E-state index contributed by atoms with van der Waals surface area (Å²) in [6.45, 7) is 10.7. The molecule has 0 atom stereocenters. The van der Waals surface area contributed by atoms with Crippen LogP contribution in [-0.2, 0) is 63.0 Å². The van der Waals surface area contributed by atoms with Gasteiger partial charge in [0.2, 0.25) is 0 Å². The molecule has 0 N–H and O–H groups in total. The number of ether oxygens (including phenoxy) is 6. The molecule has 6 nitrogen and oxygen atoms in total. The van der Waals surface area contributed by atoms with Gasteiger partial charge in [-0.1, -0.05) is 12.8 Å². The van der Waals surface area contributed by atoms with Crippen LogP contribution in [0, 0.1) is 47.6 Å². The Kier molecular flexibility index (Phi) is 34.3. The molecular weight excluding hydrogens is 700 g/mol. The minimum Gasteiger partial charge on any atom is -0.379 e. The van der Waals surface area contributed by atoms with E-state index >= 15 is 0 Å². The van der Waals surface area contributed by atoms with Gasteiger partial charge >= 0.3 is 21.7 Å². The van der Waals surface area contributed by atoms with Crippen LogP contribution in [0.1, 0.15) is 50.7 Å². The zero-order valence-corrected chi connectivity index (χ0v) is 31.5. The number of benzene rings is 2. The molecule has 0 bridgehead atoms. The molecule has 0 aliphatic heterocycles. The molecule has 0 unspecified atom stereocenters. The Morgan fingerprint density at radius 3 is 1.14 bits per heavy atom. The first kappa shape index (κ1) is 48.6. The first-order valence-corrected chi connectivity index (χ1v) is 17.1. The van der Waals surface area contributed by atoms with Gasteiger partial charge in [0.15, 0.2) is 0 Å². The van der Waals surface area contributed by atoms with Crippen molar-refractivity contribution in [1.82, 2.24) is 0 Å². The second kappa shape index (κ2) is 36.0. The van der Waals surface area contributed by atoms with Crippen LogP contribution in [0.25, 0.3) is 0 Å². The number of hydrogen-bond donors (Lipinski definition) is 0. The molecule has 0 saturated heterocycles. The molecule has 0 radical (unpaired) electrons. The largest absolute Gasteiger partial charge is 4.00 e. The first-order valence-electron chi connectivity index (χ1n) is 17.1. The monoisotopic (exact) mass is 752 g/mol. The molecule has 51 heavy (non-hydrogen) atoms. The second-order valence-electron chi connectivity index (χ2n) is 10.3. The van der Waals surface area contributed by atoms with Gasteiger partial charge in [-0.15, -0.1) is 48.2 Å². The van der Waals surface area contributed by atoms with E-state index in [1.165, 1.54) is 24.3 Å². The van der Waals surface area contributed by atoms with E-state index in [2.05, 4.69) is 24.3 Å². The average Bonchev–Trinajstić information content (AvgIpc) is 3.89. The maximum atomic E-state index is 13.3. The molecule has 280 valence electrons. The fourth-order valence-corrected chi connectivity index (χ4v) is 3.91. The number of hydrogen-bond acceptors (Lipinski definition) is 6. The molecule has 0 fully saturated rings. The topological polar surface area (TPSA) is 55.4 Å². The van der Waals surface area contributed by atoms with Crippen LogP contribution >= 0.6 is 0 Å². The Bertz CT molecular complexity index is 1110. The SMILES string of the molecule is CCOCCOCCOCCCc1ccc(F)[c-]c1F.CCOCCOCCOCCCc1ccc(F)[c-]c1F.[C-]1=CC=CC1.[C-]1=CC=CC1.[Ti+4]. The van der Waals surface area contributed by atoms with E-state index in [0.29, 0.717) is 116 Å². The molecule has 4 rings (SSSR count). The zero-order chi connectivity index (χ0) is 36.3. The summed E-state index contributed by atoms with van der Waals surface area (Å²) in [4.78, 5) is 0.